The summed E-state index contributed by atoms with van der Waals surface area (Å²) in [5.41, 5.74) is -0.568. The number of nitrogens with one attached hydrogen (secondary N) is 1. The highest BCUT2D eigenvalue weighted by atomic mass is 32.1. The van der Waals surface area contributed by atoms with Gasteiger partial charge in [0.15, 0.2) is 12.0 Å². The number of carbonyl (C=O) groups is 1. The van der Waals surface area contributed by atoms with E-state index in [9.17, 15) is 14.0 Å². The molecule has 0 fully saturated rings. The molecule has 0 atom stereocenters. The maximum Gasteiger partial charge on any atom is 0.288 e. The summed E-state index contributed by atoms with van der Waals surface area (Å²) < 4.78 is 13.9. The summed E-state index contributed by atoms with van der Waals surface area (Å²) in [6.07, 6.45) is 0.327. The predicted molar refractivity (Wildman–Crippen MR) is 60.4 cm³/mol. The third-order valence-electron chi connectivity index (χ3n) is 2.09. The number of benzene rings is 1. The summed E-state index contributed by atoms with van der Waals surface area (Å²) in [7, 11) is 0. The molecule has 86 valence electrons. The Morgan fingerprint density at radius 1 is 1.35 bits per heavy atom. The Kier molecular flexibility index (Phi) is 2.92. The molecule has 5 nitrogen and oxygen atoms in total. The zero-order valence-corrected chi connectivity index (χ0v) is 9.20. The second-order valence-electron chi connectivity index (χ2n) is 3.15. The Balaban J connectivity index is 2.75. The van der Waals surface area contributed by atoms with Crippen LogP contribution in [0.4, 0.5) is 4.39 Å². The molecule has 0 bridgehead atoms. The Hall–Kier alpha value is -2.15. The smallest absolute Gasteiger partial charge is 0.288 e. The third kappa shape index (κ3) is 2.04. The number of H-pyrrole nitrogens is 1. The first-order chi connectivity index (χ1) is 8.13. The van der Waals surface area contributed by atoms with E-state index in [1.807, 2.05) is 0 Å². The van der Waals surface area contributed by atoms with E-state index in [-0.39, 0.29) is 10.5 Å². The number of aromatic amines is 1. The first-order valence-electron chi connectivity index (χ1n) is 4.56. The molecule has 17 heavy (non-hydrogen) atoms. The average molecular weight is 251 g/mol. The van der Waals surface area contributed by atoms with Gasteiger partial charge >= 0.3 is 0 Å². The standard InChI is InChI=1S/C10H6FN3O2S/c11-6-1-3-7(4-2-6)14-9(16)8(5-15)12-13-10(14)17/h1-5H,(H,13,17). The van der Waals surface area contributed by atoms with Crippen LogP contribution >= 0.6 is 12.2 Å². The summed E-state index contributed by atoms with van der Waals surface area (Å²) in [5, 5.41) is 5.87. The fraction of sp³-hybridized carbons (Fsp3) is 0. The molecule has 1 aromatic carbocycles. The summed E-state index contributed by atoms with van der Waals surface area (Å²) in [4.78, 5) is 22.4. The minimum atomic E-state index is -0.643. The van der Waals surface area contributed by atoms with E-state index in [2.05, 4.69) is 10.2 Å². The second-order valence-corrected chi connectivity index (χ2v) is 3.54. The highest BCUT2D eigenvalue weighted by Gasteiger charge is 2.08. The lowest BCUT2D eigenvalue weighted by atomic mass is 10.3. The van der Waals surface area contributed by atoms with Gasteiger partial charge in [-0.3, -0.25) is 19.3 Å². The van der Waals surface area contributed by atoms with Crippen molar-refractivity contribution in [2.75, 3.05) is 0 Å². The lowest BCUT2D eigenvalue weighted by molar-refractivity contribution is 0.111. The average Bonchev–Trinajstić information content (AvgIpc) is 2.32. The predicted octanol–water partition coefficient (Wildman–Crippen LogP) is 1.24. The molecule has 2 rings (SSSR count). The van der Waals surface area contributed by atoms with E-state index < -0.39 is 11.4 Å². The molecule has 0 amide bonds. The molecule has 0 unspecified atom stereocenters. The molecule has 7 heteroatoms. The fourth-order valence-electron chi connectivity index (χ4n) is 1.31. The minimum Gasteiger partial charge on any atom is -0.296 e. The van der Waals surface area contributed by atoms with E-state index in [0.29, 0.717) is 12.0 Å². The SMILES string of the molecule is O=Cc1n[nH]c(=S)n(-c2ccc(F)cc2)c1=O. The van der Waals surface area contributed by atoms with Gasteiger partial charge in [0.05, 0.1) is 5.69 Å². The largest absolute Gasteiger partial charge is 0.296 e. The van der Waals surface area contributed by atoms with Crippen molar-refractivity contribution in [2.45, 2.75) is 0 Å². The molecule has 2 aromatic rings. The Labute approximate surface area is 99.5 Å². The van der Waals surface area contributed by atoms with Crippen LogP contribution in [-0.4, -0.2) is 21.1 Å². The fourth-order valence-corrected chi connectivity index (χ4v) is 1.55. The Morgan fingerprint density at radius 3 is 2.59 bits per heavy atom. The van der Waals surface area contributed by atoms with Crippen LogP contribution in [-0.2, 0) is 0 Å². The number of hydrogen-bond donors (Lipinski definition) is 1. The van der Waals surface area contributed by atoms with Crippen molar-refractivity contribution in [1.29, 1.82) is 0 Å². The first-order valence-corrected chi connectivity index (χ1v) is 4.97. The summed E-state index contributed by atoms with van der Waals surface area (Å²) in [6.45, 7) is 0. The maximum atomic E-state index is 12.8. The van der Waals surface area contributed by atoms with Crippen LogP contribution in [0.5, 0.6) is 0 Å². The zero-order valence-electron chi connectivity index (χ0n) is 8.38. The Morgan fingerprint density at radius 2 is 2.00 bits per heavy atom. The van der Waals surface area contributed by atoms with Crippen molar-refractivity contribution in [3.8, 4) is 5.69 Å². The molecular formula is C10H6FN3O2S. The number of nitrogens with zero attached hydrogens (tertiary/aromatic N) is 2. The van der Waals surface area contributed by atoms with Crippen molar-refractivity contribution in [3.05, 3.63) is 50.9 Å². The number of halogens is 1. The van der Waals surface area contributed by atoms with Gasteiger partial charge < -0.3 is 0 Å². The van der Waals surface area contributed by atoms with E-state index in [1.54, 1.807) is 0 Å². The molecule has 0 saturated carbocycles. The highest BCUT2D eigenvalue weighted by Crippen LogP contribution is 2.06. The molecule has 1 heterocycles. The molecule has 0 aliphatic heterocycles. The van der Waals surface area contributed by atoms with E-state index in [1.165, 1.54) is 24.3 Å². The van der Waals surface area contributed by atoms with Crippen LogP contribution in [0.25, 0.3) is 5.69 Å². The monoisotopic (exact) mass is 251 g/mol. The van der Waals surface area contributed by atoms with Gasteiger partial charge in [0.1, 0.15) is 5.82 Å². The van der Waals surface area contributed by atoms with E-state index in [0.717, 1.165) is 4.57 Å². The summed E-state index contributed by atoms with van der Waals surface area (Å²) in [5.74, 6) is -0.429. The molecular weight excluding hydrogens is 245 g/mol. The molecule has 0 spiro atoms. The quantitative estimate of drug-likeness (QED) is 0.644. The van der Waals surface area contributed by atoms with Gasteiger partial charge in [0, 0.05) is 0 Å². The van der Waals surface area contributed by atoms with Crippen molar-refractivity contribution >= 4 is 18.5 Å². The van der Waals surface area contributed by atoms with Gasteiger partial charge in [-0.1, -0.05) is 0 Å². The van der Waals surface area contributed by atoms with Gasteiger partial charge in [0.25, 0.3) is 5.56 Å². The van der Waals surface area contributed by atoms with Crippen molar-refractivity contribution in [3.63, 3.8) is 0 Å². The highest BCUT2D eigenvalue weighted by molar-refractivity contribution is 7.71. The van der Waals surface area contributed by atoms with Crippen molar-refractivity contribution < 1.29 is 9.18 Å². The van der Waals surface area contributed by atoms with E-state index >= 15 is 0 Å². The lowest BCUT2D eigenvalue weighted by Crippen LogP contribution is -2.25. The van der Waals surface area contributed by atoms with Gasteiger partial charge in [-0.05, 0) is 36.5 Å². The van der Waals surface area contributed by atoms with Gasteiger partial charge in [-0.2, -0.15) is 5.10 Å². The molecule has 0 saturated heterocycles. The van der Waals surface area contributed by atoms with Crippen LogP contribution in [0.1, 0.15) is 10.5 Å². The normalized spacial score (nSPS) is 10.2. The van der Waals surface area contributed by atoms with Gasteiger partial charge in [0.2, 0.25) is 4.77 Å². The number of rotatable bonds is 2. The zero-order chi connectivity index (χ0) is 12.4. The second kappa shape index (κ2) is 4.38. The topological polar surface area (TPSA) is 67.8 Å². The van der Waals surface area contributed by atoms with Crippen LogP contribution < -0.4 is 5.56 Å². The molecule has 1 N–H and O–H groups in total. The van der Waals surface area contributed by atoms with Gasteiger partial charge in [-0.25, -0.2) is 4.39 Å². The van der Waals surface area contributed by atoms with E-state index in [4.69, 9.17) is 12.2 Å². The Bertz CT molecular complexity index is 675. The van der Waals surface area contributed by atoms with Crippen LogP contribution in [0, 0.1) is 10.6 Å². The molecule has 0 aliphatic rings. The number of hydrogen-bond acceptors (Lipinski definition) is 4. The third-order valence-corrected chi connectivity index (χ3v) is 2.37. The minimum absolute atomic E-state index is 0.0345. The van der Waals surface area contributed by atoms with Gasteiger partial charge in [-0.15, -0.1) is 0 Å². The molecule has 1 aromatic heterocycles. The van der Waals surface area contributed by atoms with Crippen LogP contribution in [0.3, 0.4) is 0 Å². The van der Waals surface area contributed by atoms with Crippen molar-refractivity contribution in [2.24, 2.45) is 0 Å². The first kappa shape index (κ1) is 11.3. The summed E-state index contributed by atoms with van der Waals surface area (Å²) >= 11 is 4.90. The molecule has 0 aliphatic carbocycles. The maximum absolute atomic E-state index is 12.8. The van der Waals surface area contributed by atoms with Crippen LogP contribution in [0.15, 0.2) is 29.1 Å². The molecule has 0 radical (unpaired) electrons. The summed E-state index contributed by atoms with van der Waals surface area (Å²) in [6, 6.07) is 5.15. The lowest BCUT2D eigenvalue weighted by Gasteiger charge is -2.05. The number of aromatic nitrogens is 3. The van der Waals surface area contributed by atoms with Crippen LogP contribution in [0.2, 0.25) is 0 Å². The number of aldehydes is 1. The number of carbonyl (C=O) groups excluding carboxylic acids is 1. The van der Waals surface area contributed by atoms with Crippen molar-refractivity contribution in [1.82, 2.24) is 14.8 Å².